The molecule has 1 aromatic rings. The second-order valence-corrected chi connectivity index (χ2v) is 6.21. The topological polar surface area (TPSA) is 75.6 Å². The SMILES string of the molecule is CCOCC1(C(=O)NCC(CC)(C(=O)O)c2ccccc2)CC1. The zero-order valence-corrected chi connectivity index (χ0v) is 13.8. The van der Waals surface area contributed by atoms with Gasteiger partial charge in [0.15, 0.2) is 0 Å². The molecule has 1 saturated carbocycles. The molecule has 0 bridgehead atoms. The molecule has 5 heteroatoms. The Morgan fingerprint density at radius 3 is 2.39 bits per heavy atom. The van der Waals surface area contributed by atoms with Gasteiger partial charge in [-0.3, -0.25) is 9.59 Å². The molecule has 1 fully saturated rings. The van der Waals surface area contributed by atoms with Crippen LogP contribution in [0.3, 0.4) is 0 Å². The van der Waals surface area contributed by atoms with E-state index in [2.05, 4.69) is 5.32 Å². The van der Waals surface area contributed by atoms with Crippen molar-refractivity contribution in [3.05, 3.63) is 35.9 Å². The average Bonchev–Trinajstić information content (AvgIpc) is 3.35. The normalized spacial score (nSPS) is 18.0. The molecule has 1 aliphatic rings. The average molecular weight is 319 g/mol. The summed E-state index contributed by atoms with van der Waals surface area (Å²) in [4.78, 5) is 24.4. The van der Waals surface area contributed by atoms with Crippen LogP contribution in [0.25, 0.3) is 0 Å². The van der Waals surface area contributed by atoms with Crippen LogP contribution in [0, 0.1) is 5.41 Å². The first-order chi connectivity index (χ1) is 11.0. The van der Waals surface area contributed by atoms with Crippen LogP contribution in [0.5, 0.6) is 0 Å². The molecule has 0 aliphatic heterocycles. The molecular weight excluding hydrogens is 294 g/mol. The second kappa shape index (κ2) is 7.13. The molecule has 5 nitrogen and oxygen atoms in total. The minimum absolute atomic E-state index is 0.0928. The van der Waals surface area contributed by atoms with E-state index in [9.17, 15) is 14.7 Å². The van der Waals surface area contributed by atoms with Gasteiger partial charge in [-0.1, -0.05) is 37.3 Å². The van der Waals surface area contributed by atoms with Crippen molar-refractivity contribution in [2.45, 2.75) is 38.5 Å². The number of carbonyl (C=O) groups excluding carboxylic acids is 1. The Bertz CT molecular complexity index is 553. The van der Waals surface area contributed by atoms with Gasteiger partial charge >= 0.3 is 5.97 Å². The minimum Gasteiger partial charge on any atom is -0.481 e. The highest BCUT2D eigenvalue weighted by Gasteiger charge is 2.51. The molecule has 0 saturated heterocycles. The lowest BCUT2D eigenvalue weighted by Gasteiger charge is -2.30. The third-order valence-corrected chi connectivity index (χ3v) is 4.81. The highest BCUT2D eigenvalue weighted by atomic mass is 16.5. The van der Waals surface area contributed by atoms with E-state index >= 15 is 0 Å². The third-order valence-electron chi connectivity index (χ3n) is 4.81. The number of carboxylic acid groups (broad SMARTS) is 1. The highest BCUT2D eigenvalue weighted by molar-refractivity contribution is 5.87. The fraction of sp³-hybridized carbons (Fsp3) is 0.556. The molecule has 126 valence electrons. The van der Waals surface area contributed by atoms with Crippen molar-refractivity contribution < 1.29 is 19.4 Å². The van der Waals surface area contributed by atoms with Crippen LogP contribution in [-0.2, 0) is 19.7 Å². The van der Waals surface area contributed by atoms with E-state index in [1.54, 1.807) is 12.1 Å². The van der Waals surface area contributed by atoms with Gasteiger partial charge in [0.25, 0.3) is 0 Å². The summed E-state index contributed by atoms with van der Waals surface area (Å²) in [6.45, 7) is 4.81. The van der Waals surface area contributed by atoms with Gasteiger partial charge < -0.3 is 15.2 Å². The fourth-order valence-corrected chi connectivity index (χ4v) is 2.84. The van der Waals surface area contributed by atoms with Crippen LogP contribution in [0.15, 0.2) is 30.3 Å². The summed E-state index contributed by atoms with van der Waals surface area (Å²) < 4.78 is 5.40. The van der Waals surface area contributed by atoms with Crippen LogP contribution in [0.2, 0.25) is 0 Å². The number of hydrogen-bond acceptors (Lipinski definition) is 3. The van der Waals surface area contributed by atoms with E-state index in [1.165, 1.54) is 0 Å². The first-order valence-corrected chi connectivity index (χ1v) is 8.16. The number of benzene rings is 1. The van der Waals surface area contributed by atoms with Crippen molar-refractivity contribution in [1.29, 1.82) is 0 Å². The predicted octanol–water partition coefficient (Wildman–Crippen LogP) is 2.35. The Morgan fingerprint density at radius 2 is 1.91 bits per heavy atom. The Kier molecular flexibility index (Phi) is 5.42. The second-order valence-electron chi connectivity index (χ2n) is 6.21. The molecule has 2 rings (SSSR count). The first-order valence-electron chi connectivity index (χ1n) is 8.16. The van der Waals surface area contributed by atoms with Gasteiger partial charge in [0.05, 0.1) is 12.0 Å². The van der Waals surface area contributed by atoms with Crippen LogP contribution < -0.4 is 5.32 Å². The summed E-state index contributed by atoms with van der Waals surface area (Å²) in [6, 6.07) is 9.10. The minimum atomic E-state index is -1.10. The molecule has 1 atom stereocenters. The summed E-state index contributed by atoms with van der Waals surface area (Å²) >= 11 is 0. The lowest BCUT2D eigenvalue weighted by atomic mass is 9.78. The zero-order valence-electron chi connectivity index (χ0n) is 13.8. The zero-order chi connectivity index (χ0) is 16.9. The number of ether oxygens (including phenoxy) is 1. The van der Waals surface area contributed by atoms with Crippen molar-refractivity contribution in [3.8, 4) is 0 Å². The molecule has 1 aromatic carbocycles. The monoisotopic (exact) mass is 319 g/mol. The van der Waals surface area contributed by atoms with Crippen LogP contribution in [0.1, 0.15) is 38.7 Å². The van der Waals surface area contributed by atoms with E-state index in [-0.39, 0.29) is 12.5 Å². The third kappa shape index (κ3) is 3.55. The molecule has 1 amide bonds. The van der Waals surface area contributed by atoms with Crippen LogP contribution in [0.4, 0.5) is 0 Å². The summed E-state index contributed by atoms with van der Waals surface area (Å²) in [5, 5.41) is 12.6. The first kappa shape index (κ1) is 17.5. The fourth-order valence-electron chi connectivity index (χ4n) is 2.84. The number of hydrogen-bond donors (Lipinski definition) is 2. The molecule has 1 unspecified atom stereocenters. The Balaban J connectivity index is 2.11. The molecule has 0 spiro atoms. The smallest absolute Gasteiger partial charge is 0.315 e. The number of nitrogens with one attached hydrogen (secondary N) is 1. The highest BCUT2D eigenvalue weighted by Crippen LogP contribution is 2.46. The maximum atomic E-state index is 12.5. The van der Waals surface area contributed by atoms with Gasteiger partial charge in [-0.25, -0.2) is 0 Å². The van der Waals surface area contributed by atoms with Crippen molar-refractivity contribution in [1.82, 2.24) is 5.32 Å². The van der Waals surface area contributed by atoms with Crippen LogP contribution >= 0.6 is 0 Å². The standard InChI is InChI=1S/C18H25NO4/c1-3-18(16(21)22,14-8-6-5-7-9-14)12-19-15(20)17(10-11-17)13-23-4-2/h5-9H,3-4,10-13H2,1-2H3,(H,19,20)(H,21,22). The molecule has 23 heavy (non-hydrogen) atoms. The van der Waals surface area contributed by atoms with Gasteiger partial charge in [-0.2, -0.15) is 0 Å². The van der Waals surface area contributed by atoms with E-state index < -0.39 is 16.8 Å². The van der Waals surface area contributed by atoms with Gasteiger partial charge in [0.1, 0.15) is 5.41 Å². The Morgan fingerprint density at radius 1 is 1.26 bits per heavy atom. The number of carboxylic acids is 1. The quantitative estimate of drug-likeness (QED) is 0.732. The predicted molar refractivity (Wildman–Crippen MR) is 87.2 cm³/mol. The maximum absolute atomic E-state index is 12.5. The number of carbonyl (C=O) groups is 2. The molecular formula is C18H25NO4. The summed E-state index contributed by atoms with van der Waals surface area (Å²) in [5.74, 6) is -1.01. The van der Waals surface area contributed by atoms with E-state index in [0.717, 1.165) is 12.8 Å². The molecule has 1 aliphatic carbocycles. The number of amides is 1. The molecule has 0 heterocycles. The van der Waals surface area contributed by atoms with Crippen molar-refractivity contribution in [2.24, 2.45) is 5.41 Å². The van der Waals surface area contributed by atoms with Gasteiger partial charge in [-0.05, 0) is 31.7 Å². The lowest BCUT2D eigenvalue weighted by molar-refractivity contribution is -0.144. The van der Waals surface area contributed by atoms with Crippen molar-refractivity contribution in [2.75, 3.05) is 19.8 Å². The number of aliphatic carboxylic acids is 1. The molecule has 0 radical (unpaired) electrons. The Hall–Kier alpha value is -1.88. The Labute approximate surface area is 137 Å². The van der Waals surface area contributed by atoms with E-state index in [1.807, 2.05) is 32.0 Å². The van der Waals surface area contributed by atoms with Crippen LogP contribution in [-0.4, -0.2) is 36.7 Å². The molecule has 2 N–H and O–H groups in total. The summed E-state index contributed by atoms with van der Waals surface area (Å²) in [7, 11) is 0. The van der Waals surface area contributed by atoms with Gasteiger partial charge in [0, 0.05) is 13.2 Å². The summed E-state index contributed by atoms with van der Waals surface area (Å²) in [6.07, 6.45) is 2.01. The van der Waals surface area contributed by atoms with E-state index in [0.29, 0.717) is 25.2 Å². The van der Waals surface area contributed by atoms with Crippen molar-refractivity contribution >= 4 is 11.9 Å². The maximum Gasteiger partial charge on any atom is 0.315 e. The van der Waals surface area contributed by atoms with Gasteiger partial charge in [-0.15, -0.1) is 0 Å². The lowest BCUT2D eigenvalue weighted by Crippen LogP contribution is -2.48. The molecule has 0 aromatic heterocycles. The van der Waals surface area contributed by atoms with Gasteiger partial charge in [0.2, 0.25) is 5.91 Å². The van der Waals surface area contributed by atoms with E-state index in [4.69, 9.17) is 4.74 Å². The van der Waals surface area contributed by atoms with Crippen molar-refractivity contribution in [3.63, 3.8) is 0 Å². The largest absolute Gasteiger partial charge is 0.481 e. The number of rotatable bonds is 9. The summed E-state index contributed by atoms with van der Waals surface area (Å²) in [5.41, 5.74) is -0.839.